The molecule has 0 saturated carbocycles. The number of nitrogens with two attached hydrogens (primary N) is 1. The fourth-order valence-corrected chi connectivity index (χ4v) is 1.38. The minimum Gasteiger partial charge on any atom is -0.328 e. The number of rotatable bonds is 3. The summed E-state index contributed by atoms with van der Waals surface area (Å²) in [7, 11) is 1.68. The Morgan fingerprint density at radius 3 is 2.85 bits per heavy atom. The van der Waals surface area contributed by atoms with Gasteiger partial charge in [0.1, 0.15) is 5.69 Å². The number of hydrogen-bond acceptors (Lipinski definition) is 3. The molecule has 0 amide bonds. The number of hydrogen-bond donors (Lipinski definition) is 1. The Labute approximate surface area is 81.7 Å². The molecule has 0 aliphatic carbocycles. The van der Waals surface area contributed by atoms with E-state index in [9.17, 15) is 4.79 Å². The summed E-state index contributed by atoms with van der Waals surface area (Å²) in [5.41, 5.74) is 5.94. The van der Waals surface area contributed by atoms with Crippen molar-refractivity contribution in [3.8, 4) is 0 Å². The lowest BCUT2D eigenvalue weighted by atomic mass is 10.1. The fraction of sp³-hybridized carbons (Fsp3) is 0.500. The van der Waals surface area contributed by atoms with Crippen LogP contribution in [0.1, 0.15) is 23.8 Å². The summed E-state index contributed by atoms with van der Waals surface area (Å²) in [6.07, 6.45) is 1.75. The van der Waals surface area contributed by atoms with Gasteiger partial charge in [0.2, 0.25) is 0 Å². The van der Waals surface area contributed by atoms with Crippen molar-refractivity contribution in [2.24, 2.45) is 12.8 Å². The Morgan fingerprint density at radius 2 is 2.46 bits per heavy atom. The molecule has 0 spiro atoms. The molecule has 1 aromatic heterocycles. The summed E-state index contributed by atoms with van der Waals surface area (Å²) in [6, 6.07) is -0.154. The molecule has 0 aliphatic rings. The molecule has 1 rings (SSSR count). The summed E-state index contributed by atoms with van der Waals surface area (Å²) in [5.74, 6) is -0.0694. The van der Waals surface area contributed by atoms with Crippen LogP contribution in [0.5, 0.6) is 0 Å². The second-order valence-corrected chi connectivity index (χ2v) is 3.48. The van der Waals surface area contributed by atoms with Crippen molar-refractivity contribution in [1.82, 2.24) is 9.78 Å². The normalized spacial score (nSPS) is 12.9. The first kappa shape index (κ1) is 10.2. The third-order valence-corrected chi connectivity index (χ3v) is 1.94. The highest BCUT2D eigenvalue weighted by Crippen LogP contribution is 2.16. The van der Waals surface area contributed by atoms with E-state index in [1.807, 2.05) is 0 Å². The Hall–Kier alpha value is -0.870. The molecular weight excluding hydrogens is 190 g/mol. The predicted molar refractivity (Wildman–Crippen MR) is 50.8 cm³/mol. The molecule has 72 valence electrons. The summed E-state index contributed by atoms with van der Waals surface area (Å²) in [4.78, 5) is 11.5. The topological polar surface area (TPSA) is 60.9 Å². The van der Waals surface area contributed by atoms with Crippen molar-refractivity contribution in [3.63, 3.8) is 0 Å². The largest absolute Gasteiger partial charge is 0.328 e. The van der Waals surface area contributed by atoms with Crippen molar-refractivity contribution in [2.45, 2.75) is 19.4 Å². The zero-order valence-corrected chi connectivity index (χ0v) is 8.38. The minimum atomic E-state index is -0.154. The smallest absolute Gasteiger partial charge is 0.183 e. The fourth-order valence-electron chi connectivity index (χ4n) is 1.11. The van der Waals surface area contributed by atoms with Crippen molar-refractivity contribution in [1.29, 1.82) is 0 Å². The second kappa shape index (κ2) is 3.89. The van der Waals surface area contributed by atoms with Crippen LogP contribution < -0.4 is 5.73 Å². The predicted octanol–water partition coefficient (Wildman–Crippen LogP) is 0.994. The molecule has 0 aromatic carbocycles. The van der Waals surface area contributed by atoms with Crippen molar-refractivity contribution < 1.29 is 4.79 Å². The van der Waals surface area contributed by atoms with E-state index >= 15 is 0 Å². The van der Waals surface area contributed by atoms with E-state index in [1.165, 1.54) is 10.9 Å². The van der Waals surface area contributed by atoms with E-state index < -0.39 is 0 Å². The number of Topliss-reactive ketones (excluding diaryl/α,β-unsaturated/α-hetero) is 1. The molecule has 0 saturated heterocycles. The molecular formula is C8H12ClN3O. The van der Waals surface area contributed by atoms with Crippen LogP contribution in [-0.4, -0.2) is 21.6 Å². The Kier molecular flexibility index (Phi) is 3.06. The van der Waals surface area contributed by atoms with Crippen LogP contribution in [0.2, 0.25) is 5.02 Å². The number of halogens is 1. The van der Waals surface area contributed by atoms with E-state index in [2.05, 4.69) is 5.10 Å². The molecule has 0 radical (unpaired) electrons. The van der Waals surface area contributed by atoms with Crippen LogP contribution in [0.25, 0.3) is 0 Å². The highest BCUT2D eigenvalue weighted by molar-refractivity contribution is 6.33. The average molecular weight is 202 g/mol. The van der Waals surface area contributed by atoms with Crippen LogP contribution in [0.4, 0.5) is 0 Å². The Morgan fingerprint density at radius 1 is 1.85 bits per heavy atom. The van der Waals surface area contributed by atoms with Crippen LogP contribution in [-0.2, 0) is 7.05 Å². The molecule has 5 heteroatoms. The lowest BCUT2D eigenvalue weighted by molar-refractivity contribution is 0.0967. The summed E-state index contributed by atoms with van der Waals surface area (Å²) in [6.45, 7) is 1.78. The Balaban J connectivity index is 2.88. The van der Waals surface area contributed by atoms with Crippen LogP contribution >= 0.6 is 11.6 Å². The number of aromatic nitrogens is 2. The van der Waals surface area contributed by atoms with Gasteiger partial charge in [-0.05, 0) is 6.92 Å². The molecule has 0 fully saturated rings. The first-order valence-electron chi connectivity index (χ1n) is 3.98. The molecule has 13 heavy (non-hydrogen) atoms. The van der Waals surface area contributed by atoms with Gasteiger partial charge in [0.05, 0.1) is 11.2 Å². The number of aryl methyl sites for hydroxylation is 1. The molecule has 2 N–H and O–H groups in total. The van der Waals surface area contributed by atoms with Gasteiger partial charge in [-0.25, -0.2) is 0 Å². The average Bonchev–Trinajstić information content (AvgIpc) is 2.29. The third-order valence-electron chi connectivity index (χ3n) is 1.67. The molecule has 1 heterocycles. The van der Waals surface area contributed by atoms with Crippen molar-refractivity contribution in [3.05, 3.63) is 16.9 Å². The third kappa shape index (κ3) is 2.29. The standard InChI is InChI=1S/C8H12ClN3O/c1-5(10)3-7(13)8-6(9)4-11-12(8)2/h4-5H,3,10H2,1-2H3. The summed E-state index contributed by atoms with van der Waals surface area (Å²) < 4.78 is 1.47. The van der Waals surface area contributed by atoms with E-state index in [1.54, 1.807) is 14.0 Å². The van der Waals surface area contributed by atoms with E-state index in [0.29, 0.717) is 17.1 Å². The minimum absolute atomic E-state index is 0.0694. The van der Waals surface area contributed by atoms with Gasteiger partial charge in [0, 0.05) is 19.5 Å². The second-order valence-electron chi connectivity index (χ2n) is 3.07. The number of ketones is 1. The van der Waals surface area contributed by atoms with Crippen LogP contribution in [0.15, 0.2) is 6.20 Å². The van der Waals surface area contributed by atoms with Gasteiger partial charge in [-0.15, -0.1) is 0 Å². The van der Waals surface area contributed by atoms with Gasteiger partial charge in [-0.1, -0.05) is 11.6 Å². The molecule has 1 atom stereocenters. The maximum Gasteiger partial charge on any atom is 0.183 e. The lowest BCUT2D eigenvalue weighted by Crippen LogP contribution is -2.21. The molecule has 4 nitrogen and oxygen atoms in total. The van der Waals surface area contributed by atoms with Gasteiger partial charge < -0.3 is 5.73 Å². The van der Waals surface area contributed by atoms with Gasteiger partial charge in [0.25, 0.3) is 0 Å². The van der Waals surface area contributed by atoms with Crippen molar-refractivity contribution in [2.75, 3.05) is 0 Å². The first-order valence-corrected chi connectivity index (χ1v) is 4.36. The van der Waals surface area contributed by atoms with Gasteiger partial charge in [-0.3, -0.25) is 9.48 Å². The SMILES string of the molecule is CC(N)CC(=O)c1c(Cl)cnn1C. The van der Waals surface area contributed by atoms with Gasteiger partial charge >= 0.3 is 0 Å². The van der Waals surface area contributed by atoms with Crippen LogP contribution in [0.3, 0.4) is 0 Å². The van der Waals surface area contributed by atoms with E-state index in [4.69, 9.17) is 17.3 Å². The zero-order valence-electron chi connectivity index (χ0n) is 7.62. The molecule has 0 bridgehead atoms. The first-order chi connectivity index (χ1) is 6.02. The van der Waals surface area contributed by atoms with Crippen LogP contribution in [0, 0.1) is 0 Å². The number of carbonyl (C=O) groups is 1. The molecule has 1 aromatic rings. The highest BCUT2D eigenvalue weighted by Gasteiger charge is 2.16. The molecule has 0 aliphatic heterocycles. The van der Waals surface area contributed by atoms with Gasteiger partial charge in [-0.2, -0.15) is 5.10 Å². The van der Waals surface area contributed by atoms with Gasteiger partial charge in [0.15, 0.2) is 5.78 Å². The maximum atomic E-state index is 11.5. The van der Waals surface area contributed by atoms with E-state index in [-0.39, 0.29) is 11.8 Å². The van der Waals surface area contributed by atoms with E-state index in [0.717, 1.165) is 0 Å². The summed E-state index contributed by atoms with van der Waals surface area (Å²) in [5, 5.41) is 4.25. The highest BCUT2D eigenvalue weighted by atomic mass is 35.5. The van der Waals surface area contributed by atoms with Crippen molar-refractivity contribution >= 4 is 17.4 Å². The quantitative estimate of drug-likeness (QED) is 0.742. The maximum absolute atomic E-state index is 11.5. The number of carbonyl (C=O) groups excluding carboxylic acids is 1. The summed E-state index contributed by atoms with van der Waals surface area (Å²) >= 11 is 5.78. The Bertz CT molecular complexity index is 300. The molecule has 1 unspecified atom stereocenters. The monoisotopic (exact) mass is 201 g/mol. The number of nitrogens with zero attached hydrogens (tertiary/aromatic N) is 2. The lowest BCUT2D eigenvalue weighted by Gasteiger charge is -2.04. The zero-order chi connectivity index (χ0) is 10.0.